The van der Waals surface area contributed by atoms with Gasteiger partial charge in [0.1, 0.15) is 7.11 Å². The number of nitrogens with zero attached hydrogens (tertiary/aromatic N) is 4. The van der Waals surface area contributed by atoms with E-state index in [9.17, 15) is 4.79 Å². The zero-order valence-corrected chi connectivity index (χ0v) is 16.1. The highest BCUT2D eigenvalue weighted by atomic mass is 35.5. The normalized spacial score (nSPS) is 10.8. The van der Waals surface area contributed by atoms with E-state index in [1.165, 1.54) is 7.11 Å². The molecular weight excluding hydrogens is 401 g/mol. The van der Waals surface area contributed by atoms with Crippen molar-refractivity contribution < 1.29 is 4.84 Å². The van der Waals surface area contributed by atoms with Crippen molar-refractivity contribution in [1.29, 1.82) is 0 Å². The van der Waals surface area contributed by atoms with Crippen LogP contribution in [0.2, 0.25) is 10.0 Å². The van der Waals surface area contributed by atoms with Gasteiger partial charge in [0.05, 0.1) is 15.6 Å². The molecule has 0 radical (unpaired) electrons. The largest absolute Gasteiger partial charge is 0.412 e. The predicted molar refractivity (Wildman–Crippen MR) is 109 cm³/mol. The molecule has 0 saturated carbocycles. The number of aromatic nitrogens is 4. The van der Waals surface area contributed by atoms with E-state index in [0.717, 1.165) is 10.4 Å². The quantitative estimate of drug-likeness (QED) is 0.545. The maximum Gasteiger partial charge on any atom is 0.293 e. The van der Waals surface area contributed by atoms with Gasteiger partial charge in [-0.3, -0.25) is 9.78 Å². The van der Waals surface area contributed by atoms with Crippen LogP contribution in [0, 0.1) is 0 Å². The molecule has 0 atom stereocenters. The van der Waals surface area contributed by atoms with Crippen molar-refractivity contribution in [3.8, 4) is 11.1 Å². The molecule has 0 aliphatic carbocycles. The summed E-state index contributed by atoms with van der Waals surface area (Å²) < 4.78 is 1.09. The van der Waals surface area contributed by atoms with Crippen LogP contribution in [-0.4, -0.2) is 26.8 Å². The van der Waals surface area contributed by atoms with Gasteiger partial charge in [0.25, 0.3) is 5.56 Å². The van der Waals surface area contributed by atoms with Gasteiger partial charge in [-0.1, -0.05) is 29.3 Å². The molecule has 0 aliphatic rings. The van der Waals surface area contributed by atoms with E-state index in [1.807, 2.05) is 0 Å². The molecule has 1 N–H and O–H groups in total. The number of nitrogens with one attached hydrogen (secondary N) is 1. The second-order valence-electron chi connectivity index (χ2n) is 5.77. The zero-order valence-electron chi connectivity index (χ0n) is 14.6. The number of fused-ring (bicyclic) bond motifs is 1. The lowest BCUT2D eigenvalue weighted by molar-refractivity contribution is 0.168. The molecule has 9 heteroatoms. The summed E-state index contributed by atoms with van der Waals surface area (Å²) in [6.45, 7) is 0. The van der Waals surface area contributed by atoms with Gasteiger partial charge in [-0.2, -0.15) is 4.98 Å². The van der Waals surface area contributed by atoms with E-state index >= 15 is 0 Å². The Morgan fingerprint density at radius 2 is 1.82 bits per heavy atom. The van der Waals surface area contributed by atoms with Crippen LogP contribution in [-0.2, 0) is 0 Å². The van der Waals surface area contributed by atoms with Crippen LogP contribution in [0.1, 0.15) is 0 Å². The first-order valence-electron chi connectivity index (χ1n) is 8.17. The van der Waals surface area contributed by atoms with Gasteiger partial charge in [-0.05, 0) is 30.3 Å². The summed E-state index contributed by atoms with van der Waals surface area (Å²) in [4.78, 5) is 31.0. The van der Waals surface area contributed by atoms with E-state index in [-0.39, 0.29) is 0 Å². The molecule has 1 aromatic carbocycles. The van der Waals surface area contributed by atoms with Crippen LogP contribution < -0.4 is 15.7 Å². The monoisotopic (exact) mass is 413 g/mol. The fourth-order valence-corrected chi connectivity index (χ4v) is 3.40. The Hall–Kier alpha value is -3.16. The Labute approximate surface area is 169 Å². The molecule has 0 amide bonds. The summed E-state index contributed by atoms with van der Waals surface area (Å²) >= 11 is 12.6. The second-order valence-corrected chi connectivity index (χ2v) is 6.58. The zero-order chi connectivity index (χ0) is 19.7. The number of anilines is 2. The third kappa shape index (κ3) is 3.26. The molecule has 0 bridgehead atoms. The van der Waals surface area contributed by atoms with E-state index in [0.29, 0.717) is 38.2 Å². The van der Waals surface area contributed by atoms with Gasteiger partial charge in [-0.25, -0.2) is 4.98 Å². The summed E-state index contributed by atoms with van der Waals surface area (Å²) in [6.07, 6.45) is 4.89. The molecule has 0 unspecified atom stereocenters. The molecule has 140 valence electrons. The Balaban J connectivity index is 1.89. The smallest absolute Gasteiger partial charge is 0.293 e. The minimum Gasteiger partial charge on any atom is -0.412 e. The van der Waals surface area contributed by atoms with Crippen molar-refractivity contribution in [3.05, 3.63) is 75.4 Å². The van der Waals surface area contributed by atoms with Crippen LogP contribution in [0.15, 0.2) is 59.8 Å². The Morgan fingerprint density at radius 3 is 2.50 bits per heavy atom. The highest BCUT2D eigenvalue weighted by Crippen LogP contribution is 2.33. The lowest BCUT2D eigenvalue weighted by Crippen LogP contribution is -2.27. The molecule has 7 nitrogen and oxygen atoms in total. The van der Waals surface area contributed by atoms with Crippen molar-refractivity contribution >= 4 is 45.9 Å². The summed E-state index contributed by atoms with van der Waals surface area (Å²) in [5.41, 5.74) is 1.37. The minimum atomic E-state index is -0.432. The molecule has 4 aromatic rings. The van der Waals surface area contributed by atoms with E-state index in [2.05, 4.69) is 20.3 Å². The van der Waals surface area contributed by atoms with Crippen molar-refractivity contribution in [3.63, 3.8) is 0 Å². The summed E-state index contributed by atoms with van der Waals surface area (Å²) in [7, 11) is 1.39. The van der Waals surface area contributed by atoms with Crippen LogP contribution in [0.5, 0.6) is 0 Å². The Morgan fingerprint density at radius 1 is 1.11 bits per heavy atom. The highest BCUT2D eigenvalue weighted by Gasteiger charge is 2.18. The van der Waals surface area contributed by atoms with E-state index < -0.39 is 5.56 Å². The average Bonchev–Trinajstić information content (AvgIpc) is 2.69. The van der Waals surface area contributed by atoms with Gasteiger partial charge in [0.2, 0.25) is 5.95 Å². The van der Waals surface area contributed by atoms with Gasteiger partial charge >= 0.3 is 0 Å². The maximum absolute atomic E-state index is 13.0. The molecule has 4 rings (SSSR count). The molecule has 3 aromatic heterocycles. The number of halogens is 2. The number of benzene rings is 1. The van der Waals surface area contributed by atoms with Crippen molar-refractivity contribution in [2.24, 2.45) is 0 Å². The van der Waals surface area contributed by atoms with E-state index in [1.54, 1.807) is 55.0 Å². The first-order valence-corrected chi connectivity index (χ1v) is 8.93. The van der Waals surface area contributed by atoms with Crippen LogP contribution in [0.4, 0.5) is 11.6 Å². The average molecular weight is 414 g/mol. The van der Waals surface area contributed by atoms with Gasteiger partial charge in [-0.15, -0.1) is 4.73 Å². The Bertz CT molecular complexity index is 1210. The number of rotatable bonds is 4. The molecule has 0 aliphatic heterocycles. The molecule has 28 heavy (non-hydrogen) atoms. The van der Waals surface area contributed by atoms with Crippen LogP contribution in [0.3, 0.4) is 0 Å². The third-order valence-corrected chi connectivity index (χ3v) is 4.68. The van der Waals surface area contributed by atoms with Crippen LogP contribution in [0.25, 0.3) is 22.2 Å². The topological polar surface area (TPSA) is 81.9 Å². The van der Waals surface area contributed by atoms with Gasteiger partial charge < -0.3 is 10.2 Å². The predicted octanol–water partition coefficient (Wildman–Crippen LogP) is 3.96. The number of pyridine rings is 2. The van der Waals surface area contributed by atoms with Crippen molar-refractivity contribution in [2.75, 3.05) is 12.4 Å². The lowest BCUT2D eigenvalue weighted by Gasteiger charge is -2.13. The lowest BCUT2D eigenvalue weighted by atomic mass is 10.1. The van der Waals surface area contributed by atoms with Crippen LogP contribution >= 0.6 is 23.2 Å². The van der Waals surface area contributed by atoms with Gasteiger partial charge in [0.15, 0.2) is 5.65 Å². The summed E-state index contributed by atoms with van der Waals surface area (Å²) in [5.74, 6) is 0.312. The minimum absolute atomic E-state index is 0.295. The number of hydrogen-bond acceptors (Lipinski definition) is 6. The molecule has 3 heterocycles. The third-order valence-electron chi connectivity index (χ3n) is 4.05. The summed E-state index contributed by atoms with van der Waals surface area (Å²) in [5, 5.41) is 4.38. The summed E-state index contributed by atoms with van der Waals surface area (Å²) in [6, 6.07) is 10.3. The van der Waals surface area contributed by atoms with E-state index in [4.69, 9.17) is 28.0 Å². The van der Waals surface area contributed by atoms with Crippen molar-refractivity contribution in [1.82, 2.24) is 19.7 Å². The standard InChI is InChI=1S/C19H13Cl2N5O2/c1-28-26-17-11(10-23-19(25-17)24-12-5-7-22-8-6-12)9-13(18(26)27)16-14(20)3-2-4-15(16)21/h2-10H,1H3,(H,22,23,24,25). The fourth-order valence-electron chi connectivity index (χ4n) is 2.80. The second kappa shape index (κ2) is 7.46. The number of hydrogen-bond donors (Lipinski definition) is 1. The van der Waals surface area contributed by atoms with Gasteiger partial charge in [0, 0.05) is 35.2 Å². The maximum atomic E-state index is 13.0. The highest BCUT2D eigenvalue weighted by molar-refractivity contribution is 6.39. The Kier molecular flexibility index (Phi) is 4.85. The molecule has 0 saturated heterocycles. The molecule has 0 spiro atoms. The molecule has 0 fully saturated rings. The first kappa shape index (κ1) is 18.2. The van der Waals surface area contributed by atoms with Crippen molar-refractivity contribution in [2.45, 2.75) is 0 Å². The fraction of sp³-hybridized carbons (Fsp3) is 0.0526. The SMILES string of the molecule is COn1c(=O)c(-c2c(Cl)cccc2Cl)cc2cnc(Nc3ccncc3)nc21. The first-order chi connectivity index (χ1) is 13.6. The molecular formula is C19H13Cl2N5O2.